The van der Waals surface area contributed by atoms with Crippen molar-refractivity contribution in [2.24, 2.45) is 7.05 Å². The zero-order valence-corrected chi connectivity index (χ0v) is 17.0. The smallest absolute Gasteiger partial charge is 0.282 e. The van der Waals surface area contributed by atoms with E-state index in [1.54, 1.807) is 18.5 Å². The van der Waals surface area contributed by atoms with E-state index >= 15 is 0 Å². The average molecular weight is 407 g/mol. The Morgan fingerprint density at radius 3 is 1.73 bits per heavy atom. The molecule has 2 aliphatic rings. The van der Waals surface area contributed by atoms with Gasteiger partial charge in [0.2, 0.25) is 0 Å². The first-order valence-electron chi connectivity index (χ1n) is 8.56. The number of likely N-dealkylation sites (N-methyl/N-ethyl adjacent to an activating group) is 1. The molecule has 0 atom stereocenters. The molecule has 3 rings (SSSR count). The van der Waals surface area contributed by atoms with Gasteiger partial charge in [-0.1, -0.05) is 0 Å². The first kappa shape index (κ1) is 19.7. The maximum atomic E-state index is 12.8. The van der Waals surface area contributed by atoms with Crippen molar-refractivity contribution in [2.75, 3.05) is 59.4 Å². The fourth-order valence-electron chi connectivity index (χ4n) is 3.11. The largest absolute Gasteiger partial charge is 0.337 e. The van der Waals surface area contributed by atoms with Crippen molar-refractivity contribution in [1.29, 1.82) is 0 Å². The van der Waals surface area contributed by atoms with Gasteiger partial charge in [0.1, 0.15) is 5.82 Å². The lowest BCUT2D eigenvalue weighted by Crippen LogP contribution is -2.57. The van der Waals surface area contributed by atoms with E-state index in [-0.39, 0.29) is 31.2 Å². The Labute approximate surface area is 155 Å². The molecule has 0 radical (unpaired) electrons. The summed E-state index contributed by atoms with van der Waals surface area (Å²) in [4.78, 5) is 6.18. The number of imidazole rings is 1. The number of nitrogens with zero attached hydrogens (tertiary/aromatic N) is 6. The Morgan fingerprint density at radius 2 is 1.27 bits per heavy atom. The number of hydrogen-bond donors (Lipinski definition) is 0. The van der Waals surface area contributed by atoms with E-state index < -0.39 is 20.2 Å². The molecule has 2 saturated heterocycles. The summed E-state index contributed by atoms with van der Waals surface area (Å²) in [5.74, 6) is 0.611. The quantitative estimate of drug-likeness (QED) is 0.605. The van der Waals surface area contributed by atoms with E-state index in [1.807, 2.05) is 7.05 Å². The second-order valence-corrected chi connectivity index (χ2v) is 10.6. The highest BCUT2D eigenvalue weighted by Crippen LogP contribution is 2.20. The number of rotatable bonds is 4. The molecule has 2 fully saturated rings. The molecule has 2 aliphatic heterocycles. The van der Waals surface area contributed by atoms with Crippen molar-refractivity contribution < 1.29 is 16.8 Å². The topological polar surface area (TPSA) is 99.1 Å². The third-order valence-electron chi connectivity index (χ3n) is 5.00. The van der Waals surface area contributed by atoms with Gasteiger partial charge in [-0.05, 0) is 14.0 Å². The van der Waals surface area contributed by atoms with E-state index in [2.05, 4.69) is 9.88 Å². The molecule has 3 heterocycles. The van der Waals surface area contributed by atoms with Crippen LogP contribution in [0.1, 0.15) is 5.82 Å². The third kappa shape index (κ3) is 3.66. The van der Waals surface area contributed by atoms with E-state index in [1.165, 1.54) is 19.1 Å². The van der Waals surface area contributed by atoms with Crippen molar-refractivity contribution in [3.8, 4) is 0 Å². The summed E-state index contributed by atoms with van der Waals surface area (Å²) in [5, 5.41) is 0.00729. The van der Waals surface area contributed by atoms with Gasteiger partial charge in [0.25, 0.3) is 20.2 Å². The lowest BCUT2D eigenvalue weighted by molar-refractivity contribution is 0.201. The molecule has 0 N–H and O–H groups in total. The van der Waals surface area contributed by atoms with Crippen LogP contribution in [0.2, 0.25) is 0 Å². The fourth-order valence-corrected chi connectivity index (χ4v) is 6.13. The number of aromatic nitrogens is 2. The van der Waals surface area contributed by atoms with E-state index in [9.17, 15) is 16.8 Å². The van der Waals surface area contributed by atoms with Gasteiger partial charge < -0.3 is 9.47 Å². The van der Waals surface area contributed by atoms with Gasteiger partial charge in [-0.25, -0.2) is 13.4 Å². The van der Waals surface area contributed by atoms with Gasteiger partial charge in [0.05, 0.1) is 0 Å². The van der Waals surface area contributed by atoms with Crippen LogP contribution in [-0.4, -0.2) is 104 Å². The minimum Gasteiger partial charge on any atom is -0.337 e. The van der Waals surface area contributed by atoms with Gasteiger partial charge in [0.15, 0.2) is 5.03 Å². The lowest BCUT2D eigenvalue weighted by atomic mass is 10.4. The van der Waals surface area contributed by atoms with Crippen molar-refractivity contribution >= 4 is 20.2 Å². The molecule has 0 saturated carbocycles. The molecule has 0 aliphatic carbocycles. The predicted molar refractivity (Wildman–Crippen MR) is 96.3 cm³/mol. The van der Waals surface area contributed by atoms with Crippen LogP contribution in [0.4, 0.5) is 0 Å². The summed E-state index contributed by atoms with van der Waals surface area (Å²) >= 11 is 0. The number of sulfonamides is 1. The summed E-state index contributed by atoms with van der Waals surface area (Å²) in [7, 11) is -3.55. The molecule has 12 heteroatoms. The molecule has 0 amide bonds. The highest BCUT2D eigenvalue weighted by atomic mass is 32.2. The Balaban J connectivity index is 1.67. The number of piperazine rings is 2. The summed E-state index contributed by atoms with van der Waals surface area (Å²) in [6.45, 7) is 4.63. The third-order valence-corrected chi connectivity index (χ3v) is 8.81. The predicted octanol–water partition coefficient (Wildman–Crippen LogP) is -1.47. The molecule has 1 aromatic heterocycles. The van der Waals surface area contributed by atoms with Crippen LogP contribution < -0.4 is 0 Å². The van der Waals surface area contributed by atoms with Crippen LogP contribution in [0.5, 0.6) is 0 Å². The molecule has 0 aromatic carbocycles. The van der Waals surface area contributed by atoms with E-state index in [4.69, 9.17) is 0 Å². The maximum Gasteiger partial charge on any atom is 0.282 e. The van der Waals surface area contributed by atoms with Crippen LogP contribution >= 0.6 is 0 Å². The standard InChI is InChI=1S/C14H26N6O4S2/c1-13-15-14(12-17(13)3)25(21,22)18-8-10-20(11-9-18)26(23,24)19-6-4-16(2)5-7-19/h12H,4-11H2,1-3H3. The Hall–Kier alpha value is -1.05. The number of aryl methyl sites for hydroxylation is 2. The van der Waals surface area contributed by atoms with Gasteiger partial charge in [0, 0.05) is 65.6 Å². The van der Waals surface area contributed by atoms with Crippen LogP contribution in [0.25, 0.3) is 0 Å². The molecule has 0 spiro atoms. The zero-order chi connectivity index (χ0) is 19.1. The molecule has 26 heavy (non-hydrogen) atoms. The highest BCUT2D eigenvalue weighted by molar-refractivity contribution is 7.89. The van der Waals surface area contributed by atoms with E-state index in [0.29, 0.717) is 32.0 Å². The van der Waals surface area contributed by atoms with Crippen LogP contribution in [0.3, 0.4) is 0 Å². The van der Waals surface area contributed by atoms with Crippen molar-refractivity contribution in [1.82, 2.24) is 27.4 Å². The van der Waals surface area contributed by atoms with Crippen LogP contribution in [0, 0.1) is 6.92 Å². The Morgan fingerprint density at radius 1 is 0.808 bits per heavy atom. The highest BCUT2D eigenvalue weighted by Gasteiger charge is 2.37. The van der Waals surface area contributed by atoms with Gasteiger partial charge >= 0.3 is 0 Å². The van der Waals surface area contributed by atoms with Crippen molar-refractivity contribution in [3.63, 3.8) is 0 Å². The van der Waals surface area contributed by atoms with Gasteiger partial charge in [-0.2, -0.15) is 21.3 Å². The average Bonchev–Trinajstić information content (AvgIpc) is 2.95. The maximum absolute atomic E-state index is 12.8. The molecule has 10 nitrogen and oxygen atoms in total. The first-order chi connectivity index (χ1) is 12.1. The Kier molecular flexibility index (Phi) is 5.43. The first-order valence-corrected chi connectivity index (χ1v) is 11.4. The summed E-state index contributed by atoms with van der Waals surface area (Å²) in [6, 6.07) is 0. The second-order valence-electron chi connectivity index (χ2n) is 6.75. The number of hydrogen-bond acceptors (Lipinski definition) is 6. The minimum atomic E-state index is -3.71. The monoisotopic (exact) mass is 406 g/mol. The van der Waals surface area contributed by atoms with Crippen molar-refractivity contribution in [3.05, 3.63) is 12.0 Å². The molecule has 0 bridgehead atoms. The molecule has 0 unspecified atom stereocenters. The summed E-state index contributed by atoms with van der Waals surface area (Å²) in [5.41, 5.74) is 0. The minimum absolute atomic E-state index is 0.00729. The molecular weight excluding hydrogens is 380 g/mol. The fraction of sp³-hybridized carbons (Fsp3) is 0.786. The summed E-state index contributed by atoms with van der Waals surface area (Å²) in [6.07, 6.45) is 1.48. The van der Waals surface area contributed by atoms with Gasteiger partial charge in [-0.3, -0.25) is 0 Å². The molecule has 148 valence electrons. The van der Waals surface area contributed by atoms with Crippen LogP contribution in [-0.2, 0) is 27.3 Å². The normalized spacial score (nSPS) is 22.7. The SMILES string of the molecule is Cc1nc(S(=O)(=O)N2CCN(S(=O)(=O)N3CCN(C)CC3)CC2)cn1C. The zero-order valence-electron chi connectivity index (χ0n) is 15.4. The lowest BCUT2D eigenvalue weighted by Gasteiger charge is -2.38. The Bertz CT molecular complexity index is 830. The van der Waals surface area contributed by atoms with E-state index in [0.717, 1.165) is 0 Å². The summed E-state index contributed by atoms with van der Waals surface area (Å²) < 4.78 is 56.8. The second kappa shape index (κ2) is 7.17. The van der Waals surface area contributed by atoms with Crippen LogP contribution in [0.15, 0.2) is 11.2 Å². The molecular formula is C14H26N6O4S2. The van der Waals surface area contributed by atoms with Gasteiger partial charge in [-0.15, -0.1) is 0 Å². The molecule has 1 aromatic rings. The van der Waals surface area contributed by atoms with Crippen molar-refractivity contribution in [2.45, 2.75) is 11.9 Å².